The number of carbonyl (C=O) groups is 1. The average molecular weight is 329 g/mol. The van der Waals surface area contributed by atoms with Crippen LogP contribution in [0.1, 0.15) is 27.2 Å². The Hall–Kier alpha value is -1.87. The van der Waals surface area contributed by atoms with Gasteiger partial charge in [-0.1, -0.05) is 46.3 Å². The number of carbonyl (C=O) groups excluding carboxylic acids is 1. The van der Waals surface area contributed by atoms with E-state index in [1.807, 2.05) is 50.2 Å². The first-order valence-electron chi connectivity index (χ1n) is 6.36. The summed E-state index contributed by atoms with van der Waals surface area (Å²) in [6.45, 7) is 3.96. The van der Waals surface area contributed by atoms with E-state index in [-0.39, 0.29) is 5.78 Å². The largest absolute Gasteiger partial charge is 0.452 e. The number of hydrogen-bond donors (Lipinski definition) is 0. The molecule has 0 N–H and O–H groups in total. The van der Waals surface area contributed by atoms with E-state index in [0.717, 1.165) is 26.6 Å². The Labute approximate surface area is 125 Å². The molecule has 0 atom stereocenters. The zero-order chi connectivity index (χ0) is 14.3. The second kappa shape index (κ2) is 4.91. The molecule has 0 aliphatic heterocycles. The van der Waals surface area contributed by atoms with Crippen LogP contribution in [-0.4, -0.2) is 5.78 Å². The van der Waals surface area contributed by atoms with Gasteiger partial charge in [0.05, 0.1) is 0 Å². The zero-order valence-electron chi connectivity index (χ0n) is 11.2. The van der Waals surface area contributed by atoms with Crippen molar-refractivity contribution in [3.63, 3.8) is 0 Å². The predicted octanol–water partition coefficient (Wildman–Crippen LogP) is 5.04. The van der Waals surface area contributed by atoms with Crippen LogP contribution < -0.4 is 0 Å². The molecular weight excluding hydrogens is 316 g/mol. The first kappa shape index (κ1) is 13.1. The van der Waals surface area contributed by atoms with Gasteiger partial charge in [-0.15, -0.1) is 0 Å². The number of benzene rings is 2. The maximum atomic E-state index is 12.5. The number of para-hydroxylation sites is 1. The van der Waals surface area contributed by atoms with Crippen LogP contribution in [0.3, 0.4) is 0 Å². The van der Waals surface area contributed by atoms with Crippen molar-refractivity contribution in [3.8, 4) is 0 Å². The maximum Gasteiger partial charge on any atom is 0.228 e. The SMILES string of the molecule is Cc1ccc(C(=O)c2cc3cccc(C)c3o2)cc1Br. The Morgan fingerprint density at radius 1 is 1.05 bits per heavy atom. The highest BCUT2D eigenvalue weighted by Gasteiger charge is 2.16. The minimum Gasteiger partial charge on any atom is -0.452 e. The number of hydrogen-bond acceptors (Lipinski definition) is 2. The molecule has 20 heavy (non-hydrogen) atoms. The molecule has 3 aromatic rings. The van der Waals surface area contributed by atoms with Crippen molar-refractivity contribution in [3.05, 3.63) is 69.4 Å². The lowest BCUT2D eigenvalue weighted by atomic mass is 10.1. The molecule has 1 heterocycles. The van der Waals surface area contributed by atoms with Crippen molar-refractivity contribution < 1.29 is 9.21 Å². The first-order valence-corrected chi connectivity index (χ1v) is 7.15. The summed E-state index contributed by atoms with van der Waals surface area (Å²) in [6, 6.07) is 13.3. The predicted molar refractivity (Wildman–Crippen MR) is 83.3 cm³/mol. The Morgan fingerprint density at radius 2 is 1.85 bits per heavy atom. The van der Waals surface area contributed by atoms with Gasteiger partial charge in [0.15, 0.2) is 5.76 Å². The summed E-state index contributed by atoms with van der Waals surface area (Å²) >= 11 is 3.45. The fraction of sp³-hybridized carbons (Fsp3) is 0.118. The number of furan rings is 1. The van der Waals surface area contributed by atoms with Crippen molar-refractivity contribution >= 4 is 32.7 Å². The Bertz CT molecular complexity index is 815. The van der Waals surface area contributed by atoms with Gasteiger partial charge in [0, 0.05) is 15.4 Å². The van der Waals surface area contributed by atoms with Crippen molar-refractivity contribution in [2.24, 2.45) is 0 Å². The lowest BCUT2D eigenvalue weighted by Crippen LogP contribution is -1.99. The molecule has 0 aliphatic carbocycles. The second-order valence-corrected chi connectivity index (χ2v) is 5.75. The van der Waals surface area contributed by atoms with Gasteiger partial charge in [-0.2, -0.15) is 0 Å². The molecule has 0 amide bonds. The lowest BCUT2D eigenvalue weighted by Gasteiger charge is -2.01. The van der Waals surface area contributed by atoms with Gasteiger partial charge in [0.1, 0.15) is 5.58 Å². The van der Waals surface area contributed by atoms with Gasteiger partial charge in [0.2, 0.25) is 5.78 Å². The van der Waals surface area contributed by atoms with Crippen LogP contribution in [-0.2, 0) is 0 Å². The summed E-state index contributed by atoms with van der Waals surface area (Å²) in [7, 11) is 0. The molecule has 2 aromatic carbocycles. The van der Waals surface area contributed by atoms with E-state index in [9.17, 15) is 4.79 Å². The summed E-state index contributed by atoms with van der Waals surface area (Å²) in [6.07, 6.45) is 0. The normalized spacial score (nSPS) is 10.9. The average Bonchev–Trinajstić information content (AvgIpc) is 2.86. The Kier molecular flexibility index (Phi) is 3.22. The summed E-state index contributed by atoms with van der Waals surface area (Å²) < 4.78 is 6.65. The minimum atomic E-state index is -0.0960. The fourth-order valence-corrected chi connectivity index (χ4v) is 2.58. The summed E-state index contributed by atoms with van der Waals surface area (Å²) in [5.41, 5.74) is 3.54. The molecule has 0 aliphatic rings. The summed E-state index contributed by atoms with van der Waals surface area (Å²) in [5, 5.41) is 0.958. The highest BCUT2D eigenvalue weighted by atomic mass is 79.9. The van der Waals surface area contributed by atoms with Crippen LogP contribution >= 0.6 is 15.9 Å². The molecule has 0 saturated carbocycles. The van der Waals surface area contributed by atoms with Crippen LogP contribution in [0.4, 0.5) is 0 Å². The molecule has 100 valence electrons. The van der Waals surface area contributed by atoms with Gasteiger partial charge in [-0.25, -0.2) is 0 Å². The van der Waals surface area contributed by atoms with Gasteiger partial charge >= 0.3 is 0 Å². The molecular formula is C17H13BrO2. The molecule has 0 radical (unpaired) electrons. The molecule has 0 unspecified atom stereocenters. The number of halogens is 1. The highest BCUT2D eigenvalue weighted by Crippen LogP contribution is 2.25. The first-order chi connectivity index (χ1) is 9.56. The third kappa shape index (κ3) is 2.18. The van der Waals surface area contributed by atoms with E-state index in [1.54, 1.807) is 6.07 Å². The molecule has 3 heteroatoms. The fourth-order valence-electron chi connectivity index (χ4n) is 2.20. The van der Waals surface area contributed by atoms with Crippen LogP contribution in [0, 0.1) is 13.8 Å². The Morgan fingerprint density at radius 3 is 2.55 bits per heavy atom. The smallest absolute Gasteiger partial charge is 0.228 e. The van der Waals surface area contributed by atoms with E-state index in [0.29, 0.717) is 11.3 Å². The second-order valence-electron chi connectivity index (χ2n) is 4.90. The standard InChI is InChI=1S/C17H13BrO2/c1-10-6-7-12(8-14(10)18)16(19)15-9-13-5-3-4-11(2)17(13)20-15/h3-9H,1-2H3. The van der Waals surface area contributed by atoms with Gasteiger partial charge in [-0.05, 0) is 37.1 Å². The number of fused-ring (bicyclic) bond motifs is 1. The van der Waals surface area contributed by atoms with Crippen molar-refractivity contribution in [1.29, 1.82) is 0 Å². The molecule has 0 fully saturated rings. The third-order valence-corrected chi connectivity index (χ3v) is 4.25. The summed E-state index contributed by atoms with van der Waals surface area (Å²) in [4.78, 5) is 12.5. The number of rotatable bonds is 2. The highest BCUT2D eigenvalue weighted by molar-refractivity contribution is 9.10. The van der Waals surface area contributed by atoms with Crippen LogP contribution in [0.2, 0.25) is 0 Å². The van der Waals surface area contributed by atoms with E-state index < -0.39 is 0 Å². The van der Waals surface area contributed by atoms with E-state index >= 15 is 0 Å². The van der Waals surface area contributed by atoms with Gasteiger partial charge in [0.25, 0.3) is 0 Å². The molecule has 1 aromatic heterocycles. The zero-order valence-corrected chi connectivity index (χ0v) is 12.8. The van der Waals surface area contributed by atoms with Crippen LogP contribution in [0.5, 0.6) is 0 Å². The van der Waals surface area contributed by atoms with E-state index in [1.165, 1.54) is 0 Å². The maximum absolute atomic E-state index is 12.5. The molecule has 3 rings (SSSR count). The molecule has 2 nitrogen and oxygen atoms in total. The monoisotopic (exact) mass is 328 g/mol. The van der Waals surface area contributed by atoms with Crippen LogP contribution in [0.15, 0.2) is 51.4 Å². The van der Waals surface area contributed by atoms with E-state index in [2.05, 4.69) is 15.9 Å². The van der Waals surface area contributed by atoms with Gasteiger partial charge in [-0.3, -0.25) is 4.79 Å². The minimum absolute atomic E-state index is 0.0960. The van der Waals surface area contributed by atoms with Crippen molar-refractivity contribution in [1.82, 2.24) is 0 Å². The van der Waals surface area contributed by atoms with Crippen molar-refractivity contribution in [2.45, 2.75) is 13.8 Å². The van der Waals surface area contributed by atoms with Crippen molar-refractivity contribution in [2.75, 3.05) is 0 Å². The Balaban J connectivity index is 2.08. The molecule has 0 spiro atoms. The molecule has 0 saturated heterocycles. The number of aryl methyl sites for hydroxylation is 2. The topological polar surface area (TPSA) is 30.2 Å². The summed E-state index contributed by atoms with van der Waals surface area (Å²) in [5.74, 6) is 0.284. The third-order valence-electron chi connectivity index (χ3n) is 3.40. The van der Waals surface area contributed by atoms with E-state index in [4.69, 9.17) is 4.42 Å². The number of ketones is 1. The van der Waals surface area contributed by atoms with Crippen LogP contribution in [0.25, 0.3) is 11.0 Å². The lowest BCUT2D eigenvalue weighted by molar-refractivity contribution is 0.101. The molecule has 0 bridgehead atoms. The van der Waals surface area contributed by atoms with Gasteiger partial charge < -0.3 is 4.42 Å². The quantitative estimate of drug-likeness (QED) is 0.616.